The molecule has 1 heterocycles. The second-order valence-corrected chi connectivity index (χ2v) is 6.94. The maximum atomic E-state index is 12.6. The van der Waals surface area contributed by atoms with Crippen LogP contribution in [-0.2, 0) is 0 Å². The van der Waals surface area contributed by atoms with Gasteiger partial charge in [-0.25, -0.2) is 4.98 Å². The van der Waals surface area contributed by atoms with E-state index in [9.17, 15) is 14.9 Å². The van der Waals surface area contributed by atoms with Gasteiger partial charge in [-0.15, -0.1) is 11.3 Å². The fourth-order valence-corrected chi connectivity index (χ4v) is 3.51. The van der Waals surface area contributed by atoms with Crippen molar-refractivity contribution in [3.05, 3.63) is 57.5 Å². The number of rotatable bonds is 8. The Labute approximate surface area is 176 Å². The van der Waals surface area contributed by atoms with Crippen molar-refractivity contribution in [2.75, 3.05) is 31.4 Å². The number of amides is 1. The summed E-state index contributed by atoms with van der Waals surface area (Å²) in [6.45, 7) is 2.37. The third-order valence-corrected chi connectivity index (χ3v) is 4.99. The van der Waals surface area contributed by atoms with Gasteiger partial charge in [-0.3, -0.25) is 20.2 Å². The van der Waals surface area contributed by atoms with Gasteiger partial charge in [0.1, 0.15) is 5.69 Å². The maximum Gasteiger partial charge on any atom is 0.293 e. The number of ether oxygens (including phenoxy) is 2. The van der Waals surface area contributed by atoms with Gasteiger partial charge in [0.05, 0.1) is 24.8 Å². The summed E-state index contributed by atoms with van der Waals surface area (Å²) >= 11 is 1.25. The van der Waals surface area contributed by atoms with Crippen molar-refractivity contribution in [3.63, 3.8) is 0 Å². The van der Waals surface area contributed by atoms with E-state index in [0.29, 0.717) is 34.6 Å². The fourth-order valence-electron chi connectivity index (χ4n) is 2.79. The van der Waals surface area contributed by atoms with Gasteiger partial charge in [0.25, 0.3) is 11.6 Å². The number of nitro groups is 1. The zero-order chi connectivity index (χ0) is 21.7. The number of nitrogens with one attached hydrogen (secondary N) is 2. The Balaban J connectivity index is 1.80. The Morgan fingerprint density at radius 2 is 1.93 bits per heavy atom. The zero-order valence-electron chi connectivity index (χ0n) is 16.6. The molecule has 0 saturated carbocycles. The van der Waals surface area contributed by atoms with Gasteiger partial charge in [0, 0.05) is 29.1 Å². The molecule has 0 aliphatic rings. The Kier molecular flexibility index (Phi) is 6.48. The van der Waals surface area contributed by atoms with E-state index in [-0.39, 0.29) is 11.3 Å². The topological polar surface area (TPSA) is 116 Å². The maximum absolute atomic E-state index is 12.6. The normalized spacial score (nSPS) is 10.4. The molecule has 0 radical (unpaired) electrons. The molecule has 0 bridgehead atoms. The Morgan fingerprint density at radius 3 is 2.60 bits per heavy atom. The average Bonchev–Trinajstić information content (AvgIpc) is 3.21. The Morgan fingerprint density at radius 1 is 1.17 bits per heavy atom. The van der Waals surface area contributed by atoms with Gasteiger partial charge in [-0.05, 0) is 37.3 Å². The molecular weight excluding hydrogens is 408 g/mol. The highest BCUT2D eigenvalue weighted by Crippen LogP contribution is 2.33. The highest BCUT2D eigenvalue weighted by atomic mass is 32.1. The van der Waals surface area contributed by atoms with Crippen molar-refractivity contribution < 1.29 is 19.2 Å². The lowest BCUT2D eigenvalue weighted by atomic mass is 10.1. The molecule has 0 atom stereocenters. The fraction of sp³-hybridized carbons (Fsp3) is 0.200. The summed E-state index contributed by atoms with van der Waals surface area (Å²) in [5.74, 6) is 0.698. The van der Waals surface area contributed by atoms with E-state index in [1.165, 1.54) is 29.5 Å². The minimum absolute atomic E-state index is 0.158. The number of benzene rings is 2. The molecule has 0 saturated heterocycles. The summed E-state index contributed by atoms with van der Waals surface area (Å²) in [5, 5.41) is 19.1. The molecular formula is C20H20N4O5S. The van der Waals surface area contributed by atoms with E-state index in [1.54, 1.807) is 31.7 Å². The molecule has 1 amide bonds. The van der Waals surface area contributed by atoms with Crippen LogP contribution in [0.5, 0.6) is 11.5 Å². The molecule has 0 aliphatic heterocycles. The van der Waals surface area contributed by atoms with Crippen LogP contribution in [0.4, 0.5) is 16.5 Å². The second kappa shape index (κ2) is 9.23. The van der Waals surface area contributed by atoms with E-state index in [4.69, 9.17) is 9.47 Å². The lowest BCUT2D eigenvalue weighted by Gasteiger charge is -2.08. The van der Waals surface area contributed by atoms with E-state index >= 15 is 0 Å². The molecule has 0 fully saturated rings. The van der Waals surface area contributed by atoms with Gasteiger partial charge < -0.3 is 14.8 Å². The lowest BCUT2D eigenvalue weighted by Crippen LogP contribution is -2.12. The van der Waals surface area contributed by atoms with E-state index in [0.717, 1.165) is 5.56 Å². The predicted molar refractivity (Wildman–Crippen MR) is 116 cm³/mol. The van der Waals surface area contributed by atoms with Gasteiger partial charge in [0.15, 0.2) is 16.6 Å². The molecule has 2 N–H and O–H groups in total. The minimum atomic E-state index is -0.521. The quantitative estimate of drug-likeness (QED) is 0.403. The van der Waals surface area contributed by atoms with E-state index < -0.39 is 10.8 Å². The van der Waals surface area contributed by atoms with Crippen LogP contribution in [0.1, 0.15) is 17.3 Å². The Hall–Kier alpha value is -3.66. The van der Waals surface area contributed by atoms with Crippen molar-refractivity contribution in [2.45, 2.75) is 6.92 Å². The Bertz CT molecular complexity index is 1080. The number of hydrogen-bond acceptors (Lipinski definition) is 8. The highest BCUT2D eigenvalue weighted by molar-refractivity contribution is 7.14. The van der Waals surface area contributed by atoms with Crippen molar-refractivity contribution >= 4 is 33.8 Å². The van der Waals surface area contributed by atoms with Crippen molar-refractivity contribution in [3.8, 4) is 22.8 Å². The summed E-state index contributed by atoms with van der Waals surface area (Å²) < 4.78 is 10.5. The molecule has 1 aromatic heterocycles. The summed E-state index contributed by atoms with van der Waals surface area (Å²) in [4.78, 5) is 27.8. The molecule has 3 aromatic rings. The molecule has 156 valence electrons. The number of anilines is 2. The average molecular weight is 428 g/mol. The first-order valence-electron chi connectivity index (χ1n) is 8.98. The number of nitrogens with zero attached hydrogens (tertiary/aromatic N) is 2. The lowest BCUT2D eigenvalue weighted by molar-refractivity contribution is -0.384. The number of aromatic nitrogens is 1. The second-order valence-electron chi connectivity index (χ2n) is 6.08. The van der Waals surface area contributed by atoms with Gasteiger partial charge in [-0.2, -0.15) is 0 Å². The van der Waals surface area contributed by atoms with Gasteiger partial charge in [0.2, 0.25) is 0 Å². The van der Waals surface area contributed by atoms with Gasteiger partial charge >= 0.3 is 0 Å². The first-order valence-corrected chi connectivity index (χ1v) is 9.86. The van der Waals surface area contributed by atoms with Gasteiger partial charge in [-0.1, -0.05) is 0 Å². The molecule has 3 rings (SSSR count). The number of hydrogen-bond donors (Lipinski definition) is 2. The third kappa shape index (κ3) is 4.49. The molecule has 0 aliphatic carbocycles. The van der Waals surface area contributed by atoms with Crippen LogP contribution in [-0.4, -0.2) is 36.6 Å². The van der Waals surface area contributed by atoms with Crippen LogP contribution < -0.4 is 20.1 Å². The molecule has 30 heavy (non-hydrogen) atoms. The van der Waals surface area contributed by atoms with Crippen LogP contribution in [0, 0.1) is 10.1 Å². The van der Waals surface area contributed by atoms with Crippen LogP contribution in [0.15, 0.2) is 41.8 Å². The van der Waals surface area contributed by atoms with Crippen LogP contribution in [0.3, 0.4) is 0 Å². The molecule has 0 unspecified atom stereocenters. The largest absolute Gasteiger partial charge is 0.493 e. The SMILES string of the molecule is CCNc1ccc(C(=O)Nc2nc(-c3ccc(OC)c(OC)c3)cs2)cc1[N+](=O)[O-]. The molecule has 0 spiro atoms. The first-order chi connectivity index (χ1) is 14.5. The predicted octanol–water partition coefficient (Wildman–Crippen LogP) is 4.42. The summed E-state index contributed by atoms with van der Waals surface area (Å²) in [6.07, 6.45) is 0. The minimum Gasteiger partial charge on any atom is -0.493 e. The summed E-state index contributed by atoms with van der Waals surface area (Å²) in [5.41, 5.74) is 1.84. The van der Waals surface area contributed by atoms with E-state index in [2.05, 4.69) is 15.6 Å². The van der Waals surface area contributed by atoms with Crippen molar-refractivity contribution in [1.82, 2.24) is 4.98 Å². The summed E-state index contributed by atoms with van der Waals surface area (Å²) in [7, 11) is 3.11. The number of thiazole rings is 1. The first kappa shape index (κ1) is 21.1. The molecule has 10 heteroatoms. The van der Waals surface area contributed by atoms with Crippen LogP contribution in [0.2, 0.25) is 0 Å². The standard InChI is InChI=1S/C20H20N4O5S/c1-4-21-14-7-5-13(9-16(14)24(26)27)19(25)23-20-22-15(11-30-20)12-6-8-17(28-2)18(10-12)29-3/h5-11,21H,4H2,1-3H3,(H,22,23,25). The monoisotopic (exact) mass is 428 g/mol. The number of carbonyl (C=O) groups is 1. The van der Waals surface area contributed by atoms with E-state index in [1.807, 2.05) is 13.0 Å². The summed E-state index contributed by atoms with van der Waals surface area (Å²) in [6, 6.07) is 9.71. The van der Waals surface area contributed by atoms with Crippen LogP contribution in [0.25, 0.3) is 11.3 Å². The van der Waals surface area contributed by atoms with Crippen molar-refractivity contribution in [2.24, 2.45) is 0 Å². The molecule has 2 aromatic carbocycles. The number of carbonyl (C=O) groups excluding carboxylic acids is 1. The van der Waals surface area contributed by atoms with Crippen LogP contribution >= 0.6 is 11.3 Å². The zero-order valence-corrected chi connectivity index (χ0v) is 17.4. The number of methoxy groups -OCH3 is 2. The number of nitro benzene ring substituents is 1. The highest BCUT2D eigenvalue weighted by Gasteiger charge is 2.18. The smallest absolute Gasteiger partial charge is 0.293 e. The van der Waals surface area contributed by atoms with Crippen molar-refractivity contribution in [1.29, 1.82) is 0 Å². The molecule has 9 nitrogen and oxygen atoms in total. The third-order valence-electron chi connectivity index (χ3n) is 4.23.